The zero-order valence-corrected chi connectivity index (χ0v) is 11.5. The molecular weight excluding hydrogens is 254 g/mol. The zero-order chi connectivity index (χ0) is 14.5. The van der Waals surface area contributed by atoms with Crippen LogP contribution in [0.5, 0.6) is 11.5 Å². The van der Waals surface area contributed by atoms with Gasteiger partial charge in [0.2, 0.25) is 0 Å². The normalized spacial score (nSPS) is 10.1. The van der Waals surface area contributed by atoms with Crippen molar-refractivity contribution in [3.05, 3.63) is 54.1 Å². The third-order valence-corrected chi connectivity index (χ3v) is 2.93. The summed E-state index contributed by atoms with van der Waals surface area (Å²) in [4.78, 5) is 13.9. The van der Waals surface area contributed by atoms with E-state index in [1.54, 1.807) is 49.5 Å². The number of amides is 1. The van der Waals surface area contributed by atoms with Crippen molar-refractivity contribution in [3.8, 4) is 11.5 Å². The van der Waals surface area contributed by atoms with Gasteiger partial charge in [-0.1, -0.05) is 6.07 Å². The molecule has 0 unspecified atom stereocenters. The van der Waals surface area contributed by atoms with Gasteiger partial charge >= 0.3 is 0 Å². The topological polar surface area (TPSA) is 49.8 Å². The minimum Gasteiger partial charge on any atom is -0.508 e. The van der Waals surface area contributed by atoms with Crippen molar-refractivity contribution < 1.29 is 14.6 Å². The quantitative estimate of drug-likeness (QED) is 0.929. The number of hydrogen-bond acceptors (Lipinski definition) is 3. The van der Waals surface area contributed by atoms with Crippen LogP contribution in [0.1, 0.15) is 17.3 Å². The molecule has 0 aromatic heterocycles. The minimum atomic E-state index is -0.128. The third-order valence-electron chi connectivity index (χ3n) is 2.93. The van der Waals surface area contributed by atoms with Gasteiger partial charge in [-0.3, -0.25) is 4.79 Å². The summed E-state index contributed by atoms with van der Waals surface area (Å²) in [5, 5.41) is 9.27. The van der Waals surface area contributed by atoms with Crippen molar-refractivity contribution in [1.29, 1.82) is 0 Å². The number of carbonyl (C=O) groups is 1. The van der Waals surface area contributed by atoms with Crippen LogP contribution >= 0.6 is 0 Å². The summed E-state index contributed by atoms with van der Waals surface area (Å²) in [6.07, 6.45) is 0. The van der Waals surface area contributed by atoms with Crippen molar-refractivity contribution >= 4 is 11.6 Å². The standard InChI is InChI=1S/C16H17NO3/c1-3-20-15-6-4-5-12(11-15)16(19)17(2)13-7-9-14(18)10-8-13/h4-11,18H,3H2,1-2H3. The second kappa shape index (κ2) is 6.10. The zero-order valence-electron chi connectivity index (χ0n) is 11.5. The van der Waals surface area contributed by atoms with Crippen molar-refractivity contribution in [1.82, 2.24) is 0 Å². The first-order valence-corrected chi connectivity index (χ1v) is 6.41. The molecule has 1 N–H and O–H groups in total. The van der Waals surface area contributed by atoms with Crippen LogP contribution in [0.2, 0.25) is 0 Å². The molecular formula is C16H17NO3. The van der Waals surface area contributed by atoms with Crippen LogP contribution in [-0.2, 0) is 0 Å². The summed E-state index contributed by atoms with van der Waals surface area (Å²) in [7, 11) is 1.70. The van der Waals surface area contributed by atoms with Crippen LogP contribution < -0.4 is 9.64 Å². The van der Waals surface area contributed by atoms with E-state index in [1.165, 1.54) is 4.90 Å². The molecule has 0 aliphatic carbocycles. The van der Waals surface area contributed by atoms with Gasteiger partial charge in [0.25, 0.3) is 5.91 Å². The average Bonchev–Trinajstić information content (AvgIpc) is 2.47. The molecule has 20 heavy (non-hydrogen) atoms. The van der Waals surface area contributed by atoms with E-state index < -0.39 is 0 Å². The third kappa shape index (κ3) is 3.09. The Morgan fingerprint density at radius 3 is 2.55 bits per heavy atom. The fourth-order valence-electron chi connectivity index (χ4n) is 1.87. The maximum Gasteiger partial charge on any atom is 0.258 e. The van der Waals surface area contributed by atoms with Gasteiger partial charge in [-0.05, 0) is 49.4 Å². The van der Waals surface area contributed by atoms with E-state index in [-0.39, 0.29) is 11.7 Å². The van der Waals surface area contributed by atoms with Gasteiger partial charge in [-0.15, -0.1) is 0 Å². The van der Waals surface area contributed by atoms with E-state index in [1.807, 2.05) is 13.0 Å². The fourth-order valence-corrected chi connectivity index (χ4v) is 1.87. The summed E-state index contributed by atoms with van der Waals surface area (Å²) in [6, 6.07) is 13.6. The monoisotopic (exact) mass is 271 g/mol. The first kappa shape index (κ1) is 13.9. The van der Waals surface area contributed by atoms with E-state index in [2.05, 4.69) is 0 Å². The highest BCUT2D eigenvalue weighted by molar-refractivity contribution is 6.05. The summed E-state index contributed by atoms with van der Waals surface area (Å²) >= 11 is 0. The van der Waals surface area contributed by atoms with Gasteiger partial charge in [0, 0.05) is 18.3 Å². The molecule has 4 heteroatoms. The number of anilines is 1. The molecule has 0 aliphatic heterocycles. The Kier molecular flexibility index (Phi) is 4.25. The molecule has 0 spiro atoms. The number of aromatic hydroxyl groups is 1. The average molecular weight is 271 g/mol. The maximum absolute atomic E-state index is 12.4. The molecule has 2 aromatic carbocycles. The van der Waals surface area contributed by atoms with Crippen LogP contribution in [-0.4, -0.2) is 24.7 Å². The number of benzene rings is 2. The van der Waals surface area contributed by atoms with Crippen LogP contribution in [0.25, 0.3) is 0 Å². The number of phenols is 1. The molecule has 0 atom stereocenters. The molecule has 104 valence electrons. The van der Waals surface area contributed by atoms with E-state index >= 15 is 0 Å². The Balaban J connectivity index is 2.21. The highest BCUT2D eigenvalue weighted by Gasteiger charge is 2.14. The number of hydrogen-bond donors (Lipinski definition) is 1. The summed E-state index contributed by atoms with van der Waals surface area (Å²) < 4.78 is 5.39. The lowest BCUT2D eigenvalue weighted by Gasteiger charge is -2.17. The van der Waals surface area contributed by atoms with Crippen LogP contribution in [0.4, 0.5) is 5.69 Å². The van der Waals surface area contributed by atoms with E-state index in [4.69, 9.17) is 4.74 Å². The molecule has 0 radical (unpaired) electrons. The molecule has 0 aliphatic rings. The van der Waals surface area contributed by atoms with E-state index in [0.29, 0.717) is 17.9 Å². The Morgan fingerprint density at radius 1 is 1.20 bits per heavy atom. The molecule has 0 heterocycles. The Labute approximate surface area is 118 Å². The molecule has 0 saturated carbocycles. The first-order valence-electron chi connectivity index (χ1n) is 6.41. The SMILES string of the molecule is CCOc1cccc(C(=O)N(C)c2ccc(O)cc2)c1. The fraction of sp³-hybridized carbons (Fsp3) is 0.188. The summed E-state index contributed by atoms with van der Waals surface area (Å²) in [6.45, 7) is 2.46. The molecule has 2 aromatic rings. The van der Waals surface area contributed by atoms with Crippen LogP contribution in [0.3, 0.4) is 0 Å². The Morgan fingerprint density at radius 2 is 1.90 bits per heavy atom. The van der Waals surface area contributed by atoms with Crippen LogP contribution in [0.15, 0.2) is 48.5 Å². The summed E-state index contributed by atoms with van der Waals surface area (Å²) in [5.41, 5.74) is 1.28. The Bertz CT molecular complexity index is 593. The minimum absolute atomic E-state index is 0.128. The molecule has 2 rings (SSSR count). The Hall–Kier alpha value is -2.49. The number of ether oxygens (including phenoxy) is 1. The molecule has 4 nitrogen and oxygen atoms in total. The number of rotatable bonds is 4. The van der Waals surface area contributed by atoms with Gasteiger partial charge in [-0.25, -0.2) is 0 Å². The van der Waals surface area contributed by atoms with Crippen LogP contribution in [0, 0.1) is 0 Å². The second-order valence-corrected chi connectivity index (χ2v) is 4.34. The maximum atomic E-state index is 12.4. The van der Waals surface area contributed by atoms with Gasteiger partial charge in [0.1, 0.15) is 11.5 Å². The van der Waals surface area contributed by atoms with Gasteiger partial charge in [0.15, 0.2) is 0 Å². The smallest absolute Gasteiger partial charge is 0.258 e. The van der Waals surface area contributed by atoms with Crippen molar-refractivity contribution in [2.75, 3.05) is 18.6 Å². The van der Waals surface area contributed by atoms with Gasteiger partial charge in [0.05, 0.1) is 6.61 Å². The predicted molar refractivity (Wildman–Crippen MR) is 78.5 cm³/mol. The largest absolute Gasteiger partial charge is 0.508 e. The van der Waals surface area contributed by atoms with Crippen molar-refractivity contribution in [2.45, 2.75) is 6.92 Å². The predicted octanol–water partition coefficient (Wildman–Crippen LogP) is 3.07. The van der Waals surface area contributed by atoms with E-state index in [9.17, 15) is 9.90 Å². The van der Waals surface area contributed by atoms with E-state index in [0.717, 1.165) is 5.69 Å². The first-order chi connectivity index (χ1) is 9.61. The highest BCUT2D eigenvalue weighted by Crippen LogP contribution is 2.20. The van der Waals surface area contributed by atoms with Gasteiger partial charge < -0.3 is 14.7 Å². The van der Waals surface area contributed by atoms with Gasteiger partial charge in [-0.2, -0.15) is 0 Å². The lowest BCUT2D eigenvalue weighted by Crippen LogP contribution is -2.26. The van der Waals surface area contributed by atoms with Crippen molar-refractivity contribution in [3.63, 3.8) is 0 Å². The molecule has 0 saturated heterocycles. The van der Waals surface area contributed by atoms with Crippen molar-refractivity contribution in [2.24, 2.45) is 0 Å². The number of phenolic OH excluding ortho intramolecular Hbond substituents is 1. The lowest BCUT2D eigenvalue weighted by molar-refractivity contribution is 0.0992. The highest BCUT2D eigenvalue weighted by atomic mass is 16.5. The molecule has 0 bridgehead atoms. The number of carbonyl (C=O) groups excluding carboxylic acids is 1. The molecule has 0 fully saturated rings. The lowest BCUT2D eigenvalue weighted by atomic mass is 10.1. The second-order valence-electron chi connectivity index (χ2n) is 4.34. The summed E-state index contributed by atoms with van der Waals surface area (Å²) in [5.74, 6) is 0.725. The molecule has 1 amide bonds. The number of nitrogens with zero attached hydrogens (tertiary/aromatic N) is 1.